The first kappa shape index (κ1) is 13.5. The summed E-state index contributed by atoms with van der Waals surface area (Å²) in [6, 6.07) is 0. The fourth-order valence-electron chi connectivity index (χ4n) is 1.51. The lowest BCUT2D eigenvalue weighted by Crippen LogP contribution is -2.21. The van der Waals surface area contributed by atoms with Crippen molar-refractivity contribution in [2.45, 2.75) is 39.7 Å². The Hall–Kier alpha value is -0.520. The summed E-state index contributed by atoms with van der Waals surface area (Å²) in [7, 11) is 0. The van der Waals surface area contributed by atoms with Crippen molar-refractivity contribution in [3.8, 4) is 0 Å². The minimum Gasteiger partial charge on any atom is -0.317 e. The largest absolute Gasteiger partial charge is 0.317 e. The number of rotatable bonds is 9. The summed E-state index contributed by atoms with van der Waals surface area (Å²) >= 11 is 1.52. The minimum atomic E-state index is 0.916. The van der Waals surface area contributed by atoms with Gasteiger partial charge in [-0.1, -0.05) is 24.8 Å². The molecular weight excluding hydrogens is 220 g/mol. The first-order chi connectivity index (χ1) is 7.88. The van der Waals surface area contributed by atoms with Gasteiger partial charge in [-0.3, -0.25) is 0 Å². The summed E-state index contributed by atoms with van der Waals surface area (Å²) in [5.41, 5.74) is 1.17. The summed E-state index contributed by atoms with van der Waals surface area (Å²) in [6.07, 6.45) is 3.35. The van der Waals surface area contributed by atoms with E-state index in [1.807, 2.05) is 0 Å². The van der Waals surface area contributed by atoms with Crippen molar-refractivity contribution in [2.24, 2.45) is 0 Å². The standard InChI is InChI=1S/C11H22N4S/c1-3-6-10-11(16-15-14-10)9-13-8-5-7-12-4-2/h12-13H,3-9H2,1-2H3. The molecule has 0 saturated heterocycles. The monoisotopic (exact) mass is 242 g/mol. The molecule has 16 heavy (non-hydrogen) atoms. The predicted molar refractivity (Wildman–Crippen MR) is 68.8 cm³/mol. The van der Waals surface area contributed by atoms with Gasteiger partial charge in [-0.05, 0) is 44.0 Å². The van der Waals surface area contributed by atoms with Crippen LogP contribution in [0.2, 0.25) is 0 Å². The van der Waals surface area contributed by atoms with Crippen LogP contribution in [0.25, 0.3) is 0 Å². The number of nitrogens with one attached hydrogen (secondary N) is 2. The zero-order valence-corrected chi connectivity index (χ0v) is 11.1. The zero-order valence-electron chi connectivity index (χ0n) is 10.3. The number of nitrogens with zero attached hydrogens (tertiary/aromatic N) is 2. The van der Waals surface area contributed by atoms with Gasteiger partial charge in [0.2, 0.25) is 0 Å². The van der Waals surface area contributed by atoms with E-state index in [4.69, 9.17) is 0 Å². The molecule has 2 N–H and O–H groups in total. The molecule has 4 nitrogen and oxygen atoms in total. The highest BCUT2D eigenvalue weighted by Crippen LogP contribution is 2.11. The van der Waals surface area contributed by atoms with E-state index < -0.39 is 0 Å². The quantitative estimate of drug-likeness (QED) is 0.646. The highest BCUT2D eigenvalue weighted by atomic mass is 32.1. The van der Waals surface area contributed by atoms with E-state index in [9.17, 15) is 0 Å². The van der Waals surface area contributed by atoms with Crippen LogP contribution in [-0.2, 0) is 13.0 Å². The molecule has 0 aliphatic rings. The van der Waals surface area contributed by atoms with Crippen molar-refractivity contribution in [3.05, 3.63) is 10.6 Å². The van der Waals surface area contributed by atoms with E-state index in [0.717, 1.165) is 39.0 Å². The summed E-state index contributed by atoms with van der Waals surface area (Å²) < 4.78 is 4.01. The summed E-state index contributed by atoms with van der Waals surface area (Å²) in [4.78, 5) is 1.30. The maximum atomic E-state index is 4.15. The van der Waals surface area contributed by atoms with Gasteiger partial charge in [-0.25, -0.2) is 0 Å². The number of hydrogen-bond donors (Lipinski definition) is 2. The van der Waals surface area contributed by atoms with Crippen LogP contribution >= 0.6 is 11.5 Å². The fraction of sp³-hybridized carbons (Fsp3) is 0.818. The molecule has 0 spiro atoms. The normalized spacial score (nSPS) is 10.9. The van der Waals surface area contributed by atoms with Gasteiger partial charge in [-0.2, -0.15) is 0 Å². The second kappa shape index (κ2) is 8.61. The molecule has 0 fully saturated rings. The Morgan fingerprint density at radius 1 is 1.19 bits per heavy atom. The molecule has 0 unspecified atom stereocenters. The maximum Gasteiger partial charge on any atom is 0.0800 e. The van der Waals surface area contributed by atoms with E-state index in [2.05, 4.69) is 34.1 Å². The molecular formula is C11H22N4S. The predicted octanol–water partition coefficient (Wildman–Crippen LogP) is 1.58. The van der Waals surface area contributed by atoms with E-state index in [-0.39, 0.29) is 0 Å². The lowest BCUT2D eigenvalue weighted by atomic mass is 10.2. The average Bonchev–Trinajstić information content (AvgIpc) is 2.72. The molecule has 1 rings (SSSR count). The summed E-state index contributed by atoms with van der Waals surface area (Å²) in [5.74, 6) is 0. The van der Waals surface area contributed by atoms with Gasteiger partial charge in [0.25, 0.3) is 0 Å². The van der Waals surface area contributed by atoms with Gasteiger partial charge < -0.3 is 10.6 Å². The fourth-order valence-corrected chi connectivity index (χ4v) is 2.16. The molecule has 0 saturated carbocycles. The molecule has 1 heterocycles. The molecule has 0 amide bonds. The molecule has 0 aliphatic carbocycles. The molecule has 0 aromatic carbocycles. The van der Waals surface area contributed by atoms with E-state index in [0.29, 0.717) is 0 Å². The molecule has 1 aromatic rings. The van der Waals surface area contributed by atoms with Crippen LogP contribution in [0.15, 0.2) is 0 Å². The lowest BCUT2D eigenvalue weighted by molar-refractivity contribution is 0.606. The topological polar surface area (TPSA) is 49.8 Å². The molecule has 0 atom stereocenters. The van der Waals surface area contributed by atoms with E-state index in [1.165, 1.54) is 28.5 Å². The Labute approximate surface area is 102 Å². The Kier molecular flexibility index (Phi) is 7.29. The van der Waals surface area contributed by atoms with Crippen LogP contribution in [0.5, 0.6) is 0 Å². The van der Waals surface area contributed by atoms with Crippen LogP contribution in [0.1, 0.15) is 37.3 Å². The average molecular weight is 242 g/mol. The van der Waals surface area contributed by atoms with Crippen molar-refractivity contribution in [1.29, 1.82) is 0 Å². The maximum absolute atomic E-state index is 4.15. The van der Waals surface area contributed by atoms with E-state index in [1.54, 1.807) is 0 Å². The Morgan fingerprint density at radius 2 is 2.00 bits per heavy atom. The van der Waals surface area contributed by atoms with Crippen molar-refractivity contribution >= 4 is 11.5 Å². The third-order valence-corrected chi connectivity index (χ3v) is 3.13. The Balaban J connectivity index is 2.13. The van der Waals surface area contributed by atoms with Crippen LogP contribution in [0.3, 0.4) is 0 Å². The first-order valence-electron chi connectivity index (χ1n) is 6.10. The SMILES string of the molecule is CCCc1nnsc1CNCCCNCC. The highest BCUT2D eigenvalue weighted by molar-refractivity contribution is 7.05. The third-order valence-electron chi connectivity index (χ3n) is 2.36. The van der Waals surface area contributed by atoms with Crippen LogP contribution in [0, 0.1) is 0 Å². The number of aryl methyl sites for hydroxylation is 1. The molecule has 0 aliphatic heterocycles. The summed E-state index contributed by atoms with van der Waals surface area (Å²) in [5, 5.41) is 10.9. The molecule has 92 valence electrons. The Morgan fingerprint density at radius 3 is 2.75 bits per heavy atom. The van der Waals surface area contributed by atoms with Crippen molar-refractivity contribution in [1.82, 2.24) is 20.2 Å². The van der Waals surface area contributed by atoms with Gasteiger partial charge in [0.1, 0.15) is 0 Å². The summed E-state index contributed by atoms with van der Waals surface area (Å²) in [6.45, 7) is 8.42. The second-order valence-electron chi connectivity index (χ2n) is 3.78. The molecule has 5 heteroatoms. The zero-order chi connectivity index (χ0) is 11.6. The van der Waals surface area contributed by atoms with Gasteiger partial charge in [0.05, 0.1) is 10.6 Å². The smallest absolute Gasteiger partial charge is 0.0800 e. The lowest BCUT2D eigenvalue weighted by Gasteiger charge is -2.04. The first-order valence-corrected chi connectivity index (χ1v) is 6.87. The van der Waals surface area contributed by atoms with Crippen molar-refractivity contribution < 1.29 is 0 Å². The molecule has 1 aromatic heterocycles. The number of hydrogen-bond acceptors (Lipinski definition) is 5. The molecule has 0 radical (unpaired) electrons. The van der Waals surface area contributed by atoms with E-state index >= 15 is 0 Å². The van der Waals surface area contributed by atoms with Gasteiger partial charge in [0.15, 0.2) is 0 Å². The van der Waals surface area contributed by atoms with Crippen molar-refractivity contribution in [2.75, 3.05) is 19.6 Å². The number of aromatic nitrogens is 2. The van der Waals surface area contributed by atoms with Crippen LogP contribution in [-0.4, -0.2) is 29.2 Å². The van der Waals surface area contributed by atoms with Crippen LogP contribution in [0.4, 0.5) is 0 Å². The second-order valence-corrected chi connectivity index (χ2v) is 4.62. The van der Waals surface area contributed by atoms with Gasteiger partial charge in [0, 0.05) is 6.54 Å². The Bertz CT molecular complexity index is 275. The third kappa shape index (κ3) is 5.01. The van der Waals surface area contributed by atoms with Gasteiger partial charge in [-0.15, -0.1) is 5.10 Å². The highest BCUT2D eigenvalue weighted by Gasteiger charge is 2.05. The van der Waals surface area contributed by atoms with Crippen LogP contribution < -0.4 is 10.6 Å². The van der Waals surface area contributed by atoms with Gasteiger partial charge >= 0.3 is 0 Å². The minimum absolute atomic E-state index is 0.916. The molecule has 0 bridgehead atoms. The van der Waals surface area contributed by atoms with Crippen molar-refractivity contribution in [3.63, 3.8) is 0 Å².